The van der Waals surface area contributed by atoms with Crippen LogP contribution in [0.4, 0.5) is 8.78 Å². The normalized spacial score (nSPS) is 12.0. The van der Waals surface area contributed by atoms with Gasteiger partial charge >= 0.3 is 0 Å². The summed E-state index contributed by atoms with van der Waals surface area (Å²) in [5.74, 6) is 0. The summed E-state index contributed by atoms with van der Waals surface area (Å²) in [6, 6.07) is 0. The van der Waals surface area contributed by atoms with Gasteiger partial charge in [-0.25, -0.2) is 0 Å². The SMILES string of the molecule is [CH2]CC(F)(F)S. The number of hydrogen-bond acceptors (Lipinski definition) is 1. The minimum Gasteiger partial charge on any atom is -0.195 e. The van der Waals surface area contributed by atoms with E-state index in [0.29, 0.717) is 0 Å². The van der Waals surface area contributed by atoms with Crippen molar-refractivity contribution < 1.29 is 8.78 Å². The molecule has 0 atom stereocenters. The molecule has 37 valence electrons. The minimum atomic E-state index is -2.88. The first-order valence-electron chi connectivity index (χ1n) is 1.46. The molecule has 0 unspecified atom stereocenters. The third-order valence-corrected chi connectivity index (χ3v) is 0.524. The standard InChI is InChI=1S/C3H5F2S/c1-2-3(4,5)6/h6H,1-2H2. The fourth-order valence-electron chi connectivity index (χ4n) is 0. The summed E-state index contributed by atoms with van der Waals surface area (Å²) >= 11 is 2.86. The fourth-order valence-corrected chi connectivity index (χ4v) is 0. The van der Waals surface area contributed by atoms with Gasteiger partial charge in [0.15, 0.2) is 0 Å². The Morgan fingerprint density at radius 1 is 1.67 bits per heavy atom. The van der Waals surface area contributed by atoms with Crippen LogP contribution in [-0.2, 0) is 0 Å². The van der Waals surface area contributed by atoms with Crippen LogP contribution in [0.5, 0.6) is 0 Å². The largest absolute Gasteiger partial charge is 0.291 e. The van der Waals surface area contributed by atoms with Crippen LogP contribution in [0.1, 0.15) is 6.42 Å². The van der Waals surface area contributed by atoms with Crippen molar-refractivity contribution >= 4 is 12.6 Å². The van der Waals surface area contributed by atoms with E-state index in [1.54, 1.807) is 0 Å². The zero-order valence-electron chi connectivity index (χ0n) is 3.12. The molecule has 0 heterocycles. The highest BCUT2D eigenvalue weighted by Crippen LogP contribution is 2.20. The summed E-state index contributed by atoms with van der Waals surface area (Å²) in [6.45, 7) is 2.93. The summed E-state index contributed by atoms with van der Waals surface area (Å²) < 4.78 is 22.5. The summed E-state index contributed by atoms with van der Waals surface area (Å²) in [5.41, 5.74) is 0. The Morgan fingerprint density at radius 2 is 1.83 bits per heavy atom. The second kappa shape index (κ2) is 1.78. The average molecular weight is 111 g/mol. The first kappa shape index (κ1) is 6.21. The third kappa shape index (κ3) is 4.21. The summed E-state index contributed by atoms with van der Waals surface area (Å²) in [5, 5.41) is -2.88. The molecule has 0 bridgehead atoms. The smallest absolute Gasteiger partial charge is 0.195 e. The van der Waals surface area contributed by atoms with Crippen LogP contribution in [0.25, 0.3) is 0 Å². The lowest BCUT2D eigenvalue weighted by molar-refractivity contribution is 0.112. The molecule has 0 aliphatic rings. The topological polar surface area (TPSA) is 0 Å². The third-order valence-electron chi connectivity index (χ3n) is 0.301. The van der Waals surface area contributed by atoms with Gasteiger partial charge in [0, 0.05) is 6.42 Å². The van der Waals surface area contributed by atoms with Crippen LogP contribution >= 0.6 is 12.6 Å². The van der Waals surface area contributed by atoms with Crippen LogP contribution in [0.15, 0.2) is 0 Å². The van der Waals surface area contributed by atoms with Gasteiger partial charge in [0.1, 0.15) is 0 Å². The van der Waals surface area contributed by atoms with Gasteiger partial charge in [-0.05, 0) is 6.92 Å². The zero-order chi connectivity index (χ0) is 5.21. The lowest BCUT2D eigenvalue weighted by atomic mass is 10.5. The van der Waals surface area contributed by atoms with Crippen LogP contribution in [0.3, 0.4) is 0 Å². The van der Waals surface area contributed by atoms with Gasteiger partial charge < -0.3 is 0 Å². The van der Waals surface area contributed by atoms with Gasteiger partial charge in [-0.2, -0.15) is 8.78 Å². The molecule has 0 aromatic carbocycles. The van der Waals surface area contributed by atoms with Gasteiger partial charge in [0.05, 0.1) is 0 Å². The molecule has 0 aliphatic carbocycles. The lowest BCUT2D eigenvalue weighted by Crippen LogP contribution is -2.00. The zero-order valence-corrected chi connectivity index (χ0v) is 4.01. The van der Waals surface area contributed by atoms with Crippen LogP contribution in [0, 0.1) is 6.92 Å². The molecule has 0 aromatic rings. The van der Waals surface area contributed by atoms with E-state index in [2.05, 4.69) is 19.6 Å². The molecule has 0 aliphatic heterocycles. The maximum absolute atomic E-state index is 11.3. The molecule has 0 aromatic heterocycles. The predicted octanol–water partition coefficient (Wildman–Crippen LogP) is 1.73. The van der Waals surface area contributed by atoms with Gasteiger partial charge in [-0.3, -0.25) is 0 Å². The Labute approximate surface area is 41.0 Å². The number of alkyl halides is 2. The van der Waals surface area contributed by atoms with Gasteiger partial charge in [-0.15, -0.1) is 12.6 Å². The molecule has 0 fully saturated rings. The maximum Gasteiger partial charge on any atom is 0.291 e. The van der Waals surface area contributed by atoms with Gasteiger partial charge in [0.2, 0.25) is 0 Å². The second-order valence-electron chi connectivity index (χ2n) is 0.916. The van der Waals surface area contributed by atoms with Crippen molar-refractivity contribution in [1.82, 2.24) is 0 Å². The first-order chi connectivity index (χ1) is 2.56. The molecule has 0 rings (SSSR count). The summed E-state index contributed by atoms with van der Waals surface area (Å²) in [4.78, 5) is 0. The Balaban J connectivity index is 3.17. The molecule has 0 nitrogen and oxygen atoms in total. The van der Waals surface area contributed by atoms with Crippen LogP contribution in [-0.4, -0.2) is 5.25 Å². The Bertz CT molecular complexity index is 38.5. The average Bonchev–Trinajstić information content (AvgIpc) is 1.35. The van der Waals surface area contributed by atoms with E-state index in [1.807, 2.05) is 0 Å². The van der Waals surface area contributed by atoms with Gasteiger partial charge in [-0.1, -0.05) is 0 Å². The number of halogens is 2. The molecule has 1 radical (unpaired) electrons. The highest BCUT2D eigenvalue weighted by Gasteiger charge is 2.17. The Morgan fingerprint density at radius 3 is 1.83 bits per heavy atom. The monoisotopic (exact) mass is 111 g/mol. The molecular formula is C3H5F2S. The highest BCUT2D eigenvalue weighted by molar-refractivity contribution is 7.81. The maximum atomic E-state index is 11.3. The van der Waals surface area contributed by atoms with Crippen molar-refractivity contribution in [3.63, 3.8) is 0 Å². The molecule has 0 saturated carbocycles. The summed E-state index contributed by atoms with van der Waals surface area (Å²) in [7, 11) is 0. The summed E-state index contributed by atoms with van der Waals surface area (Å²) in [6.07, 6.45) is -0.448. The molecule has 0 spiro atoms. The first-order valence-corrected chi connectivity index (χ1v) is 1.90. The number of hydrogen-bond donors (Lipinski definition) is 1. The lowest BCUT2D eigenvalue weighted by Gasteiger charge is -2.00. The Hall–Kier alpha value is 0.210. The van der Waals surface area contributed by atoms with Crippen LogP contribution in [0.2, 0.25) is 0 Å². The van der Waals surface area contributed by atoms with Crippen molar-refractivity contribution in [2.75, 3.05) is 0 Å². The van der Waals surface area contributed by atoms with Crippen molar-refractivity contribution in [3.05, 3.63) is 6.92 Å². The van der Waals surface area contributed by atoms with E-state index in [-0.39, 0.29) is 0 Å². The van der Waals surface area contributed by atoms with E-state index >= 15 is 0 Å². The molecule has 0 saturated heterocycles. The molecule has 0 amide bonds. The van der Waals surface area contributed by atoms with Crippen molar-refractivity contribution in [3.8, 4) is 0 Å². The Kier molecular flexibility index (Phi) is 1.84. The molecular weight excluding hydrogens is 106 g/mol. The molecule has 6 heavy (non-hydrogen) atoms. The number of rotatable bonds is 1. The minimum absolute atomic E-state index is 0.448. The molecule has 0 N–H and O–H groups in total. The van der Waals surface area contributed by atoms with E-state index in [0.717, 1.165) is 0 Å². The predicted molar refractivity (Wildman–Crippen MR) is 23.9 cm³/mol. The highest BCUT2D eigenvalue weighted by atomic mass is 32.1. The fraction of sp³-hybridized carbons (Fsp3) is 0.667. The quantitative estimate of drug-likeness (QED) is 0.489. The van der Waals surface area contributed by atoms with E-state index < -0.39 is 11.7 Å². The second-order valence-corrected chi connectivity index (χ2v) is 1.57. The van der Waals surface area contributed by atoms with E-state index in [9.17, 15) is 8.78 Å². The van der Waals surface area contributed by atoms with E-state index in [1.165, 1.54) is 0 Å². The molecule has 3 heteroatoms. The van der Waals surface area contributed by atoms with Crippen LogP contribution < -0.4 is 0 Å². The number of thiol groups is 1. The van der Waals surface area contributed by atoms with E-state index in [4.69, 9.17) is 0 Å². The van der Waals surface area contributed by atoms with Crippen molar-refractivity contribution in [1.29, 1.82) is 0 Å². The van der Waals surface area contributed by atoms with Crippen molar-refractivity contribution in [2.24, 2.45) is 0 Å². The van der Waals surface area contributed by atoms with Crippen molar-refractivity contribution in [2.45, 2.75) is 11.7 Å². The van der Waals surface area contributed by atoms with Gasteiger partial charge in [0.25, 0.3) is 5.25 Å².